The number of aromatic carboxylic acids is 1. The monoisotopic (exact) mass is 463 g/mol. The van der Waals surface area contributed by atoms with Crippen molar-refractivity contribution in [1.29, 1.82) is 0 Å². The Morgan fingerprint density at radius 3 is 2.25 bits per heavy atom. The van der Waals surface area contributed by atoms with E-state index in [-0.39, 0.29) is 58.1 Å². The van der Waals surface area contributed by atoms with Crippen molar-refractivity contribution in [2.75, 3.05) is 5.43 Å². The van der Waals surface area contributed by atoms with E-state index in [4.69, 9.17) is 0 Å². The second-order valence-corrected chi connectivity index (χ2v) is 7.51. The third kappa shape index (κ3) is 6.45. The van der Waals surface area contributed by atoms with E-state index in [0.29, 0.717) is 5.56 Å². The molecule has 0 unspecified atom stereocenters. The number of hydrazone groups is 1. The first-order chi connectivity index (χ1) is 14.8. The van der Waals surface area contributed by atoms with Crippen LogP contribution in [0.25, 0.3) is 0 Å². The molecule has 3 aromatic rings. The predicted molar refractivity (Wildman–Crippen MR) is 118 cm³/mol. The molecule has 0 aliphatic carbocycles. The summed E-state index contributed by atoms with van der Waals surface area (Å²) in [6, 6.07) is 17.7. The Morgan fingerprint density at radius 2 is 1.59 bits per heavy atom. The number of nitrogens with one attached hydrogen (secondary N) is 1. The molecule has 159 valence electrons. The molecule has 12 heteroatoms. The van der Waals surface area contributed by atoms with Gasteiger partial charge in [0.2, 0.25) is 5.84 Å². The maximum atomic E-state index is 11.4. The fourth-order valence-corrected chi connectivity index (χ4v) is 2.96. The number of carboxylic acids is 1. The zero-order valence-corrected chi connectivity index (χ0v) is 19.6. The minimum atomic E-state index is -4.49. The van der Waals surface area contributed by atoms with Crippen molar-refractivity contribution in [2.24, 2.45) is 15.3 Å². The summed E-state index contributed by atoms with van der Waals surface area (Å²) in [5, 5.41) is 31.3. The Kier molecular flexibility index (Phi) is 8.63. The van der Waals surface area contributed by atoms with Crippen LogP contribution >= 0.6 is 0 Å². The zero-order valence-electron chi connectivity index (χ0n) is 16.7. The second-order valence-electron chi connectivity index (χ2n) is 6.09. The number of benzene rings is 3. The normalized spacial score (nSPS) is 11.7. The van der Waals surface area contributed by atoms with Crippen LogP contribution in [0, 0.1) is 0 Å². The van der Waals surface area contributed by atoms with Gasteiger partial charge >= 0.3 is 5.97 Å². The number of anilines is 1. The summed E-state index contributed by atoms with van der Waals surface area (Å²) in [6.45, 7) is 0. The molecule has 3 rings (SSSR count). The molecule has 0 aromatic heterocycles. The molecule has 0 spiro atoms. The van der Waals surface area contributed by atoms with E-state index in [0.717, 1.165) is 18.2 Å². The van der Waals surface area contributed by atoms with Gasteiger partial charge in [0.05, 0.1) is 16.1 Å². The summed E-state index contributed by atoms with van der Waals surface area (Å²) in [5.41, 5.74) is 2.95. The maximum Gasteiger partial charge on any atom is 0.337 e. The van der Waals surface area contributed by atoms with E-state index in [1.807, 2.05) is 0 Å². The number of rotatable bonds is 6. The van der Waals surface area contributed by atoms with Gasteiger partial charge in [0.1, 0.15) is 11.4 Å². The fourth-order valence-electron chi connectivity index (χ4n) is 2.45. The number of azo groups is 1. The van der Waals surface area contributed by atoms with Crippen molar-refractivity contribution in [1.82, 2.24) is 0 Å². The molecule has 0 bridgehead atoms. The molecule has 0 heterocycles. The summed E-state index contributed by atoms with van der Waals surface area (Å²) < 4.78 is 31.8. The minimum Gasteiger partial charge on any atom is -0.506 e. The first kappa shape index (κ1) is 25.2. The SMILES string of the molecule is O=C(O)c1ccccc1N=N/C(=N\Nc1cc(S(=O)(=O)O)ccc1O)c1ccccc1.[Na]. The van der Waals surface area contributed by atoms with Crippen LogP contribution in [-0.2, 0) is 10.1 Å². The largest absolute Gasteiger partial charge is 0.506 e. The van der Waals surface area contributed by atoms with Crippen LogP contribution in [0.3, 0.4) is 0 Å². The summed E-state index contributed by atoms with van der Waals surface area (Å²) in [5.74, 6) is -1.47. The number of amidine groups is 1. The molecule has 0 saturated carbocycles. The maximum absolute atomic E-state index is 11.4. The minimum absolute atomic E-state index is 0. The fraction of sp³-hybridized carbons (Fsp3) is 0. The topological polar surface area (TPSA) is 161 Å². The average Bonchev–Trinajstić information content (AvgIpc) is 2.75. The average molecular weight is 463 g/mol. The first-order valence-corrected chi connectivity index (χ1v) is 10.1. The van der Waals surface area contributed by atoms with E-state index in [1.165, 1.54) is 12.1 Å². The summed E-state index contributed by atoms with van der Waals surface area (Å²) in [7, 11) is -4.49. The standard InChI is InChI=1S/C20H16N4O6S.Na/c25-18-11-10-14(31(28,29)30)12-17(18)22-24-19(13-6-2-1-3-7-13)23-21-16-9-5-4-8-15(16)20(26)27;/h1-12,22,25H,(H,26,27)(H,28,29,30);/b23-21?,24-19-;. The Balaban J connectivity index is 0.00000363. The molecule has 0 amide bonds. The van der Waals surface area contributed by atoms with Gasteiger partial charge in [-0.05, 0) is 30.3 Å². The van der Waals surface area contributed by atoms with Gasteiger partial charge in [-0.1, -0.05) is 42.5 Å². The Morgan fingerprint density at radius 1 is 0.938 bits per heavy atom. The van der Waals surface area contributed by atoms with E-state index < -0.39 is 21.0 Å². The third-order valence-electron chi connectivity index (χ3n) is 3.97. The van der Waals surface area contributed by atoms with Gasteiger partial charge in [-0.25, -0.2) is 4.79 Å². The molecule has 0 atom stereocenters. The molecule has 3 aromatic carbocycles. The predicted octanol–water partition coefficient (Wildman–Crippen LogP) is 3.51. The number of phenolic OH excluding ortho intramolecular Hbond substituents is 1. The molecular weight excluding hydrogens is 447 g/mol. The van der Waals surface area contributed by atoms with Crippen LogP contribution in [-0.4, -0.2) is 64.5 Å². The van der Waals surface area contributed by atoms with Crippen LogP contribution in [0.15, 0.2) is 93.0 Å². The van der Waals surface area contributed by atoms with Gasteiger partial charge in [-0.15, -0.1) is 10.2 Å². The number of carboxylic acid groups (broad SMARTS) is 1. The summed E-state index contributed by atoms with van der Waals surface area (Å²) in [4.78, 5) is 10.9. The van der Waals surface area contributed by atoms with Crippen LogP contribution < -0.4 is 5.43 Å². The summed E-state index contributed by atoms with van der Waals surface area (Å²) >= 11 is 0. The first-order valence-electron chi connectivity index (χ1n) is 8.69. The van der Waals surface area contributed by atoms with Crippen molar-refractivity contribution in [3.8, 4) is 5.75 Å². The number of hydrogen-bond donors (Lipinski definition) is 4. The van der Waals surface area contributed by atoms with Crippen LogP contribution in [0.2, 0.25) is 0 Å². The van der Waals surface area contributed by atoms with Gasteiger partial charge in [-0.3, -0.25) is 9.98 Å². The third-order valence-corrected chi connectivity index (χ3v) is 4.82. The van der Waals surface area contributed by atoms with Crippen molar-refractivity contribution in [3.63, 3.8) is 0 Å². The molecule has 10 nitrogen and oxygen atoms in total. The number of hydrogen-bond acceptors (Lipinski definition) is 7. The molecule has 1 radical (unpaired) electrons. The van der Waals surface area contributed by atoms with Gasteiger partial charge in [0, 0.05) is 35.1 Å². The van der Waals surface area contributed by atoms with E-state index >= 15 is 0 Å². The number of nitrogens with zero attached hydrogens (tertiary/aromatic N) is 3. The number of carbonyl (C=O) groups is 1. The van der Waals surface area contributed by atoms with E-state index in [1.54, 1.807) is 42.5 Å². The Bertz CT molecular complexity index is 1280. The van der Waals surface area contributed by atoms with Crippen molar-refractivity contribution in [2.45, 2.75) is 4.90 Å². The van der Waals surface area contributed by atoms with E-state index in [9.17, 15) is 28.0 Å². The smallest absolute Gasteiger partial charge is 0.337 e. The molecule has 0 aliphatic heterocycles. The Hall–Kier alpha value is -3.09. The van der Waals surface area contributed by atoms with Gasteiger partial charge < -0.3 is 10.2 Å². The van der Waals surface area contributed by atoms with Gasteiger partial charge in [-0.2, -0.15) is 13.5 Å². The molecule has 4 N–H and O–H groups in total. The molecule has 32 heavy (non-hydrogen) atoms. The van der Waals surface area contributed by atoms with Crippen LogP contribution in [0.5, 0.6) is 5.75 Å². The van der Waals surface area contributed by atoms with Crippen LogP contribution in [0.1, 0.15) is 15.9 Å². The molecular formula is C20H16N4NaO6S. The molecule has 0 saturated heterocycles. The van der Waals surface area contributed by atoms with Crippen LogP contribution in [0.4, 0.5) is 11.4 Å². The molecule has 0 aliphatic rings. The van der Waals surface area contributed by atoms with Crippen molar-refractivity contribution < 1.29 is 28.0 Å². The summed E-state index contributed by atoms with van der Waals surface area (Å²) in [6.07, 6.45) is 0. The van der Waals surface area contributed by atoms with Crippen molar-refractivity contribution in [3.05, 3.63) is 83.9 Å². The zero-order chi connectivity index (χ0) is 22.4. The van der Waals surface area contributed by atoms with Gasteiger partial charge in [0.15, 0.2) is 0 Å². The van der Waals surface area contributed by atoms with Crippen molar-refractivity contribution >= 4 is 62.9 Å². The molecule has 0 fully saturated rings. The number of aromatic hydroxyl groups is 1. The van der Waals surface area contributed by atoms with Gasteiger partial charge in [0.25, 0.3) is 10.1 Å². The quantitative estimate of drug-likeness (QED) is 0.0827. The number of phenols is 1. The van der Waals surface area contributed by atoms with E-state index in [2.05, 4.69) is 20.8 Å². The Labute approximate surface area is 205 Å². The second kappa shape index (κ2) is 11.0.